The zero-order valence-corrected chi connectivity index (χ0v) is 8.81. The van der Waals surface area contributed by atoms with Gasteiger partial charge in [0.05, 0.1) is 12.9 Å². The number of rotatable bonds is 6. The smallest absolute Gasteiger partial charge is 0.342 e. The second-order valence-electron chi connectivity index (χ2n) is 3.29. The average molecular weight is 212 g/mol. The van der Waals surface area contributed by atoms with Gasteiger partial charge in [-0.15, -0.1) is 0 Å². The highest BCUT2D eigenvalue weighted by Crippen LogP contribution is 2.14. The Morgan fingerprint density at radius 1 is 1.60 bits per heavy atom. The van der Waals surface area contributed by atoms with Crippen molar-refractivity contribution in [1.29, 1.82) is 0 Å². The molecular weight excluding hydrogens is 196 g/mol. The molecule has 1 unspecified atom stereocenters. The summed E-state index contributed by atoms with van der Waals surface area (Å²) in [4.78, 5) is 11.3. The Morgan fingerprint density at radius 3 is 3.00 bits per heavy atom. The second-order valence-corrected chi connectivity index (χ2v) is 3.29. The number of hydrogen-bond donors (Lipinski definition) is 1. The van der Waals surface area contributed by atoms with Crippen molar-refractivity contribution in [2.75, 3.05) is 6.61 Å². The summed E-state index contributed by atoms with van der Waals surface area (Å²) < 4.78 is 9.77. The summed E-state index contributed by atoms with van der Waals surface area (Å²) in [6, 6.07) is 3.15. The lowest BCUT2D eigenvalue weighted by Crippen LogP contribution is -2.15. The lowest BCUT2D eigenvalue weighted by Gasteiger charge is -2.07. The molecule has 0 spiro atoms. The van der Waals surface area contributed by atoms with E-state index in [9.17, 15) is 9.90 Å². The Labute approximate surface area is 88.8 Å². The number of unbranched alkanes of at least 4 members (excludes halogenated alkanes) is 2. The first kappa shape index (κ1) is 11.8. The van der Waals surface area contributed by atoms with Gasteiger partial charge in [0.15, 0.2) is 0 Å². The van der Waals surface area contributed by atoms with Crippen molar-refractivity contribution >= 4 is 5.97 Å². The van der Waals surface area contributed by atoms with E-state index in [1.54, 1.807) is 6.07 Å². The molecule has 1 aromatic rings. The van der Waals surface area contributed by atoms with E-state index in [-0.39, 0.29) is 5.76 Å². The molecule has 1 heterocycles. The summed E-state index contributed by atoms with van der Waals surface area (Å²) in [5.74, 6) is -0.434. The topological polar surface area (TPSA) is 59.7 Å². The van der Waals surface area contributed by atoms with Gasteiger partial charge in [-0.3, -0.25) is 0 Å². The minimum absolute atomic E-state index is 0.218. The van der Waals surface area contributed by atoms with Gasteiger partial charge in [0, 0.05) is 0 Å². The van der Waals surface area contributed by atoms with E-state index < -0.39 is 12.1 Å². The van der Waals surface area contributed by atoms with E-state index in [1.165, 1.54) is 12.3 Å². The third-order valence-electron chi connectivity index (χ3n) is 2.03. The maximum Gasteiger partial charge on any atom is 0.342 e. The molecule has 0 aliphatic heterocycles. The van der Waals surface area contributed by atoms with Crippen molar-refractivity contribution in [3.63, 3.8) is 0 Å². The Morgan fingerprint density at radius 2 is 2.40 bits per heavy atom. The third-order valence-corrected chi connectivity index (χ3v) is 2.03. The summed E-state index contributed by atoms with van der Waals surface area (Å²) in [6.45, 7) is 2.42. The monoisotopic (exact) mass is 212 g/mol. The summed E-state index contributed by atoms with van der Waals surface area (Å²) in [5.41, 5.74) is 0. The van der Waals surface area contributed by atoms with E-state index in [2.05, 4.69) is 6.92 Å². The first-order valence-corrected chi connectivity index (χ1v) is 5.13. The number of furan rings is 1. The summed E-state index contributed by atoms with van der Waals surface area (Å²) in [5, 5.41) is 9.47. The highest BCUT2D eigenvalue weighted by Gasteiger charge is 2.21. The van der Waals surface area contributed by atoms with E-state index in [4.69, 9.17) is 9.15 Å². The van der Waals surface area contributed by atoms with Crippen LogP contribution in [0.25, 0.3) is 0 Å². The summed E-state index contributed by atoms with van der Waals surface area (Å²) in [6.07, 6.45) is 3.01. The van der Waals surface area contributed by atoms with Gasteiger partial charge in [0.1, 0.15) is 5.76 Å². The van der Waals surface area contributed by atoms with Crippen LogP contribution in [0.15, 0.2) is 22.8 Å². The number of carbonyl (C=O) groups excluding carboxylic acids is 1. The number of esters is 1. The SMILES string of the molecule is CCCCCOC(=O)C(O)c1ccco1. The molecule has 0 aromatic carbocycles. The second kappa shape index (κ2) is 6.24. The van der Waals surface area contributed by atoms with Crippen LogP contribution in [-0.2, 0) is 9.53 Å². The Hall–Kier alpha value is -1.29. The Kier molecular flexibility index (Phi) is 4.90. The molecule has 0 saturated heterocycles. The number of hydrogen-bond acceptors (Lipinski definition) is 4. The van der Waals surface area contributed by atoms with Gasteiger partial charge < -0.3 is 14.3 Å². The Balaban J connectivity index is 2.28. The molecule has 0 aliphatic rings. The first-order valence-electron chi connectivity index (χ1n) is 5.13. The molecule has 15 heavy (non-hydrogen) atoms. The largest absolute Gasteiger partial charge is 0.466 e. The van der Waals surface area contributed by atoms with Gasteiger partial charge in [-0.25, -0.2) is 4.79 Å². The molecule has 1 rings (SSSR count). The normalized spacial score (nSPS) is 12.4. The van der Waals surface area contributed by atoms with Crippen LogP contribution in [0.4, 0.5) is 0 Å². The minimum Gasteiger partial charge on any atom is -0.466 e. The standard InChI is InChI=1S/C11H16O4/c1-2-3-4-7-15-11(13)10(12)9-6-5-8-14-9/h5-6,8,10,12H,2-4,7H2,1H3. The zero-order valence-electron chi connectivity index (χ0n) is 8.81. The molecule has 4 nitrogen and oxygen atoms in total. The minimum atomic E-state index is -1.30. The van der Waals surface area contributed by atoms with Crippen LogP contribution in [0.2, 0.25) is 0 Å². The lowest BCUT2D eigenvalue weighted by molar-refractivity contribution is -0.155. The molecule has 4 heteroatoms. The fraction of sp³-hybridized carbons (Fsp3) is 0.545. The predicted molar refractivity (Wildman–Crippen MR) is 54.2 cm³/mol. The van der Waals surface area contributed by atoms with Crippen LogP contribution >= 0.6 is 0 Å². The molecule has 84 valence electrons. The molecule has 1 aromatic heterocycles. The Bertz CT molecular complexity index is 279. The molecule has 0 saturated carbocycles. The molecule has 1 N–H and O–H groups in total. The highest BCUT2D eigenvalue weighted by atomic mass is 16.5. The number of carbonyl (C=O) groups is 1. The highest BCUT2D eigenvalue weighted by molar-refractivity contribution is 5.75. The maximum absolute atomic E-state index is 11.3. The quantitative estimate of drug-likeness (QED) is 0.579. The lowest BCUT2D eigenvalue weighted by atomic mass is 10.2. The molecule has 0 fully saturated rings. The molecule has 0 amide bonds. The average Bonchev–Trinajstić information content (AvgIpc) is 2.76. The molecule has 0 aliphatic carbocycles. The van der Waals surface area contributed by atoms with Crippen molar-refractivity contribution in [2.45, 2.75) is 32.3 Å². The summed E-state index contributed by atoms with van der Waals surface area (Å²) in [7, 11) is 0. The predicted octanol–water partition coefficient (Wildman–Crippen LogP) is 2.05. The van der Waals surface area contributed by atoms with Crippen LogP contribution in [0.1, 0.15) is 38.1 Å². The fourth-order valence-electron chi connectivity index (χ4n) is 1.17. The van der Waals surface area contributed by atoms with Crippen LogP contribution < -0.4 is 0 Å². The van der Waals surface area contributed by atoms with Crippen molar-refractivity contribution in [2.24, 2.45) is 0 Å². The van der Waals surface area contributed by atoms with E-state index in [0.717, 1.165) is 19.3 Å². The number of ether oxygens (including phenoxy) is 1. The summed E-state index contributed by atoms with van der Waals surface area (Å²) >= 11 is 0. The van der Waals surface area contributed by atoms with Gasteiger partial charge in [0.25, 0.3) is 0 Å². The van der Waals surface area contributed by atoms with Crippen molar-refractivity contribution < 1.29 is 19.1 Å². The van der Waals surface area contributed by atoms with Gasteiger partial charge >= 0.3 is 5.97 Å². The molecule has 0 radical (unpaired) electrons. The van der Waals surface area contributed by atoms with Crippen molar-refractivity contribution in [3.05, 3.63) is 24.2 Å². The number of aliphatic hydroxyl groups is 1. The maximum atomic E-state index is 11.3. The third kappa shape index (κ3) is 3.75. The molecule has 1 atom stereocenters. The first-order chi connectivity index (χ1) is 7.25. The number of aliphatic hydroxyl groups excluding tert-OH is 1. The van der Waals surface area contributed by atoms with Crippen molar-refractivity contribution in [1.82, 2.24) is 0 Å². The van der Waals surface area contributed by atoms with Crippen LogP contribution in [-0.4, -0.2) is 17.7 Å². The van der Waals surface area contributed by atoms with Gasteiger partial charge in [-0.05, 0) is 18.6 Å². The van der Waals surface area contributed by atoms with Crippen molar-refractivity contribution in [3.8, 4) is 0 Å². The van der Waals surface area contributed by atoms with Gasteiger partial charge in [-0.1, -0.05) is 19.8 Å². The van der Waals surface area contributed by atoms with Gasteiger partial charge in [-0.2, -0.15) is 0 Å². The fourth-order valence-corrected chi connectivity index (χ4v) is 1.17. The molecule has 0 bridgehead atoms. The van der Waals surface area contributed by atoms with Crippen LogP contribution in [0.5, 0.6) is 0 Å². The van der Waals surface area contributed by atoms with Crippen LogP contribution in [0.3, 0.4) is 0 Å². The van der Waals surface area contributed by atoms with Crippen LogP contribution in [0, 0.1) is 0 Å². The zero-order chi connectivity index (χ0) is 11.1. The molecular formula is C11H16O4. The van der Waals surface area contributed by atoms with Gasteiger partial charge in [0.2, 0.25) is 6.10 Å². The van der Waals surface area contributed by atoms with E-state index in [1.807, 2.05) is 0 Å². The van der Waals surface area contributed by atoms with E-state index >= 15 is 0 Å². The van der Waals surface area contributed by atoms with E-state index in [0.29, 0.717) is 6.61 Å².